The lowest BCUT2D eigenvalue weighted by Gasteiger charge is -2.13. The van der Waals surface area contributed by atoms with Crippen LogP contribution >= 0.6 is 0 Å². The van der Waals surface area contributed by atoms with Crippen molar-refractivity contribution in [2.75, 3.05) is 0 Å². The highest BCUT2D eigenvalue weighted by Gasteiger charge is 2.49. The molecule has 0 aromatic rings. The van der Waals surface area contributed by atoms with Crippen LogP contribution in [0.5, 0.6) is 0 Å². The zero-order valence-corrected chi connectivity index (χ0v) is 8.33. The van der Waals surface area contributed by atoms with Crippen molar-refractivity contribution >= 4 is 8.07 Å². The van der Waals surface area contributed by atoms with E-state index in [1.165, 1.54) is 0 Å². The Kier molecular flexibility index (Phi) is 2.05. The van der Waals surface area contributed by atoms with Crippen LogP contribution in [0.15, 0.2) is 0 Å². The third-order valence-electron chi connectivity index (χ3n) is 2.03. The molecule has 0 heterocycles. The lowest BCUT2D eigenvalue weighted by atomic mass is 10.5. The van der Waals surface area contributed by atoms with Crippen molar-refractivity contribution < 1.29 is 4.92 Å². The van der Waals surface area contributed by atoms with E-state index in [4.69, 9.17) is 0 Å². The molecule has 0 aromatic heterocycles. The summed E-state index contributed by atoms with van der Waals surface area (Å²) in [7, 11) is -1.05. The topological polar surface area (TPSA) is 43.1 Å². The second-order valence-electron chi connectivity index (χ2n) is 4.61. The molecular weight excluding hydrogens is 158 g/mol. The van der Waals surface area contributed by atoms with E-state index in [2.05, 4.69) is 19.6 Å². The van der Waals surface area contributed by atoms with Gasteiger partial charge in [-0.25, -0.2) is 0 Å². The first-order valence-corrected chi connectivity index (χ1v) is 7.74. The Labute approximate surface area is 68.0 Å². The summed E-state index contributed by atoms with van der Waals surface area (Å²) in [5, 5.41) is 10.3. The van der Waals surface area contributed by atoms with Crippen molar-refractivity contribution in [3.63, 3.8) is 0 Å². The van der Waals surface area contributed by atoms with Crippen LogP contribution in [-0.4, -0.2) is 19.0 Å². The first kappa shape index (κ1) is 8.71. The predicted molar refractivity (Wildman–Crippen MR) is 47.0 cm³/mol. The molecule has 64 valence electrons. The summed E-state index contributed by atoms with van der Waals surface area (Å²) in [5.74, 6) is 0.414. The van der Waals surface area contributed by atoms with Gasteiger partial charge in [0.25, 0.3) is 0 Å². The van der Waals surface area contributed by atoms with Crippen molar-refractivity contribution in [3.05, 3.63) is 10.1 Å². The van der Waals surface area contributed by atoms with Gasteiger partial charge in [-0.15, -0.1) is 0 Å². The monoisotopic (exact) mass is 173 g/mol. The molecule has 0 spiro atoms. The zero-order valence-electron chi connectivity index (χ0n) is 7.33. The predicted octanol–water partition coefficient (Wildman–Crippen LogP) is 1.99. The Morgan fingerprint density at radius 1 is 1.55 bits per heavy atom. The second kappa shape index (κ2) is 2.59. The molecule has 0 saturated heterocycles. The Balaban J connectivity index is 2.29. The minimum Gasteiger partial charge on any atom is -0.264 e. The molecule has 1 rings (SSSR count). The number of nitrogens with zero attached hydrogens (tertiary/aromatic N) is 1. The van der Waals surface area contributed by atoms with Gasteiger partial charge in [-0.1, -0.05) is 19.6 Å². The maximum Gasteiger partial charge on any atom is 0.216 e. The summed E-state index contributed by atoms with van der Waals surface area (Å²) in [4.78, 5) is 10.2. The quantitative estimate of drug-likeness (QED) is 0.372. The van der Waals surface area contributed by atoms with Crippen LogP contribution in [0, 0.1) is 16.0 Å². The standard InChI is InChI=1S/C7H15NO2Si/c1-11(2,3)5-6-4-7(6)8(9)10/h6-7H,4-5H2,1-3H3/t6-,7+/m0/s1. The number of nitro groups is 1. The largest absolute Gasteiger partial charge is 0.264 e. The molecule has 0 unspecified atom stereocenters. The summed E-state index contributed by atoms with van der Waals surface area (Å²) in [6.45, 7) is 6.80. The van der Waals surface area contributed by atoms with Crippen molar-refractivity contribution in [3.8, 4) is 0 Å². The van der Waals surface area contributed by atoms with Crippen LogP contribution in [0.25, 0.3) is 0 Å². The van der Waals surface area contributed by atoms with E-state index in [1.54, 1.807) is 0 Å². The molecule has 3 nitrogen and oxygen atoms in total. The minimum absolute atomic E-state index is 0.120. The summed E-state index contributed by atoms with van der Waals surface area (Å²) >= 11 is 0. The smallest absolute Gasteiger partial charge is 0.216 e. The van der Waals surface area contributed by atoms with Crippen LogP contribution in [0.1, 0.15) is 6.42 Å². The van der Waals surface area contributed by atoms with Gasteiger partial charge in [-0.05, 0) is 6.04 Å². The van der Waals surface area contributed by atoms with Gasteiger partial charge >= 0.3 is 0 Å². The minimum atomic E-state index is -1.05. The summed E-state index contributed by atoms with van der Waals surface area (Å²) in [6, 6.07) is 0.931. The van der Waals surface area contributed by atoms with Gasteiger partial charge in [0, 0.05) is 25.3 Å². The van der Waals surface area contributed by atoms with Crippen molar-refractivity contribution in [1.82, 2.24) is 0 Å². The van der Waals surface area contributed by atoms with E-state index in [0.717, 1.165) is 12.5 Å². The summed E-state index contributed by atoms with van der Waals surface area (Å²) < 4.78 is 0. The van der Waals surface area contributed by atoms with Gasteiger partial charge in [-0.3, -0.25) is 10.1 Å². The van der Waals surface area contributed by atoms with Gasteiger partial charge in [0.1, 0.15) is 0 Å². The molecule has 4 heteroatoms. The second-order valence-corrected chi connectivity index (χ2v) is 10.1. The molecule has 2 atom stereocenters. The normalized spacial score (nSPS) is 30.1. The summed E-state index contributed by atoms with van der Waals surface area (Å²) in [6.07, 6.45) is 0.831. The lowest BCUT2D eigenvalue weighted by molar-refractivity contribution is -0.498. The third-order valence-corrected chi connectivity index (χ3v) is 3.78. The number of rotatable bonds is 3. The maximum absolute atomic E-state index is 10.3. The molecule has 0 bridgehead atoms. The SMILES string of the molecule is C[Si](C)(C)C[C@@H]1C[C@H]1[N+](=O)[O-]. The maximum atomic E-state index is 10.3. The van der Waals surface area contributed by atoms with Gasteiger partial charge in [0.15, 0.2) is 0 Å². The molecular formula is C7H15NO2Si. The van der Waals surface area contributed by atoms with Gasteiger partial charge in [-0.2, -0.15) is 0 Å². The highest BCUT2D eigenvalue weighted by Crippen LogP contribution is 2.39. The van der Waals surface area contributed by atoms with Crippen LogP contribution in [-0.2, 0) is 0 Å². The fraction of sp³-hybridized carbons (Fsp3) is 1.00. The van der Waals surface area contributed by atoms with Crippen LogP contribution in [0.2, 0.25) is 25.7 Å². The van der Waals surface area contributed by atoms with Crippen molar-refractivity contribution in [1.29, 1.82) is 0 Å². The van der Waals surface area contributed by atoms with Crippen molar-refractivity contribution in [2.24, 2.45) is 5.92 Å². The Morgan fingerprint density at radius 3 is 2.36 bits per heavy atom. The molecule has 1 aliphatic rings. The first-order valence-electron chi connectivity index (χ1n) is 4.03. The zero-order chi connectivity index (χ0) is 8.65. The van der Waals surface area contributed by atoms with Gasteiger partial charge in [0.2, 0.25) is 6.04 Å². The van der Waals surface area contributed by atoms with E-state index in [0.29, 0.717) is 5.92 Å². The highest BCUT2D eigenvalue weighted by molar-refractivity contribution is 6.76. The van der Waals surface area contributed by atoms with E-state index < -0.39 is 8.07 Å². The molecule has 1 fully saturated rings. The molecule has 1 aliphatic carbocycles. The van der Waals surface area contributed by atoms with Crippen molar-refractivity contribution in [2.45, 2.75) is 38.1 Å². The van der Waals surface area contributed by atoms with Crippen LogP contribution < -0.4 is 0 Å². The molecule has 0 radical (unpaired) electrons. The van der Waals surface area contributed by atoms with E-state index >= 15 is 0 Å². The molecule has 0 amide bonds. The van der Waals surface area contributed by atoms with E-state index in [-0.39, 0.29) is 11.0 Å². The van der Waals surface area contributed by atoms with Gasteiger partial charge in [0.05, 0.1) is 0 Å². The van der Waals surface area contributed by atoms with E-state index in [1.807, 2.05) is 0 Å². The fourth-order valence-electron chi connectivity index (χ4n) is 1.50. The lowest BCUT2D eigenvalue weighted by Crippen LogP contribution is -2.21. The average Bonchev–Trinajstić information content (AvgIpc) is 2.40. The summed E-state index contributed by atoms with van der Waals surface area (Å²) in [5.41, 5.74) is 0. The molecule has 1 saturated carbocycles. The highest BCUT2D eigenvalue weighted by atomic mass is 28.3. The fourth-order valence-corrected chi connectivity index (χ4v) is 3.51. The van der Waals surface area contributed by atoms with Gasteiger partial charge < -0.3 is 0 Å². The first-order chi connectivity index (χ1) is 4.90. The molecule has 11 heavy (non-hydrogen) atoms. The molecule has 0 aliphatic heterocycles. The molecule has 0 aromatic carbocycles. The Morgan fingerprint density at radius 2 is 2.09 bits per heavy atom. The average molecular weight is 173 g/mol. The van der Waals surface area contributed by atoms with Crippen LogP contribution in [0.3, 0.4) is 0 Å². The third kappa shape index (κ3) is 2.61. The number of hydrogen-bond acceptors (Lipinski definition) is 2. The Bertz CT molecular complexity index is 176. The number of hydrogen-bond donors (Lipinski definition) is 0. The molecule has 0 N–H and O–H groups in total. The Hall–Kier alpha value is -0.383. The van der Waals surface area contributed by atoms with E-state index in [9.17, 15) is 10.1 Å². The van der Waals surface area contributed by atoms with Crippen LogP contribution in [0.4, 0.5) is 0 Å².